The first-order chi connectivity index (χ1) is 5.74. The molecule has 3 heteroatoms. The predicted octanol–water partition coefficient (Wildman–Crippen LogP) is 2.58. The van der Waals surface area contributed by atoms with E-state index < -0.39 is 0 Å². The van der Waals surface area contributed by atoms with E-state index in [1.165, 1.54) is 0 Å². The van der Waals surface area contributed by atoms with Gasteiger partial charge in [-0.2, -0.15) is 0 Å². The lowest BCUT2D eigenvalue weighted by Crippen LogP contribution is -1.90. The molecule has 0 aliphatic heterocycles. The highest BCUT2D eigenvalue weighted by molar-refractivity contribution is 6.31. The van der Waals surface area contributed by atoms with Crippen LogP contribution in [0.2, 0.25) is 5.02 Å². The molecule has 12 heavy (non-hydrogen) atoms. The monoisotopic (exact) mass is 186 g/mol. The highest BCUT2D eigenvalue weighted by Crippen LogP contribution is 2.23. The van der Waals surface area contributed by atoms with Crippen LogP contribution in [0.5, 0.6) is 5.75 Å². The van der Waals surface area contributed by atoms with E-state index in [-0.39, 0.29) is 5.75 Å². The van der Waals surface area contributed by atoms with Crippen LogP contribution in [0.4, 0.5) is 0 Å². The van der Waals surface area contributed by atoms with Crippen molar-refractivity contribution in [2.75, 3.05) is 6.61 Å². The molecule has 0 aromatic heterocycles. The molecule has 0 atom stereocenters. The minimum absolute atomic E-state index is 0.105. The summed E-state index contributed by atoms with van der Waals surface area (Å²) >= 11 is 5.62. The van der Waals surface area contributed by atoms with Gasteiger partial charge in [-0.25, -0.2) is 0 Å². The largest absolute Gasteiger partial charge is 0.506 e. The summed E-state index contributed by atoms with van der Waals surface area (Å²) in [6.07, 6.45) is 0. The first kappa shape index (κ1) is 9.36. The van der Waals surface area contributed by atoms with Crippen LogP contribution in [-0.4, -0.2) is 11.7 Å². The molecule has 1 N–H and O–H groups in total. The highest BCUT2D eigenvalue weighted by Gasteiger charge is 1.98. The van der Waals surface area contributed by atoms with E-state index >= 15 is 0 Å². The molecule has 1 aromatic carbocycles. The van der Waals surface area contributed by atoms with Crippen LogP contribution in [0.3, 0.4) is 0 Å². The smallest absolute Gasteiger partial charge is 0.134 e. The zero-order chi connectivity index (χ0) is 8.97. The Labute approximate surface area is 76.7 Å². The van der Waals surface area contributed by atoms with Gasteiger partial charge in [0.2, 0.25) is 0 Å². The number of benzene rings is 1. The molecule has 0 bridgehead atoms. The zero-order valence-electron chi connectivity index (χ0n) is 6.88. The highest BCUT2D eigenvalue weighted by atomic mass is 35.5. The summed E-state index contributed by atoms with van der Waals surface area (Å²) in [6.45, 7) is 3.11. The van der Waals surface area contributed by atoms with Gasteiger partial charge in [0, 0.05) is 6.61 Å². The first-order valence-electron chi connectivity index (χ1n) is 3.79. The second-order valence-electron chi connectivity index (χ2n) is 2.42. The fraction of sp³-hybridized carbons (Fsp3) is 0.333. The number of hydrogen-bond acceptors (Lipinski definition) is 2. The van der Waals surface area contributed by atoms with E-state index in [2.05, 4.69) is 0 Å². The minimum atomic E-state index is 0.105. The second kappa shape index (κ2) is 4.33. The molecular weight excluding hydrogens is 176 g/mol. The van der Waals surface area contributed by atoms with Gasteiger partial charge in [0.05, 0.1) is 11.6 Å². The third-order valence-corrected chi connectivity index (χ3v) is 1.80. The van der Waals surface area contributed by atoms with Crippen molar-refractivity contribution in [2.45, 2.75) is 13.5 Å². The maximum atomic E-state index is 9.21. The molecule has 0 aliphatic carbocycles. The Morgan fingerprint density at radius 2 is 2.25 bits per heavy atom. The summed E-state index contributed by atoms with van der Waals surface area (Å²) in [7, 11) is 0. The number of aromatic hydroxyl groups is 1. The lowest BCUT2D eigenvalue weighted by Gasteiger charge is -2.02. The van der Waals surface area contributed by atoms with Gasteiger partial charge in [-0.1, -0.05) is 17.7 Å². The summed E-state index contributed by atoms with van der Waals surface area (Å²) in [5.41, 5.74) is 0.929. The average Bonchev–Trinajstić information content (AvgIpc) is 2.07. The lowest BCUT2D eigenvalue weighted by molar-refractivity contribution is 0.134. The van der Waals surface area contributed by atoms with Crippen LogP contribution in [0.15, 0.2) is 18.2 Å². The Bertz CT molecular complexity index is 261. The lowest BCUT2D eigenvalue weighted by atomic mass is 10.2. The van der Waals surface area contributed by atoms with E-state index in [0.717, 1.165) is 5.56 Å². The third kappa shape index (κ3) is 2.40. The summed E-state index contributed by atoms with van der Waals surface area (Å²) in [4.78, 5) is 0. The maximum absolute atomic E-state index is 9.21. The van der Waals surface area contributed by atoms with Crippen molar-refractivity contribution in [3.63, 3.8) is 0 Å². The van der Waals surface area contributed by atoms with Crippen molar-refractivity contribution in [1.82, 2.24) is 0 Å². The molecule has 66 valence electrons. The third-order valence-electron chi connectivity index (χ3n) is 1.48. The van der Waals surface area contributed by atoms with Crippen LogP contribution in [-0.2, 0) is 11.3 Å². The predicted molar refractivity (Wildman–Crippen MR) is 48.4 cm³/mol. The Hall–Kier alpha value is -0.730. The number of ether oxygens (including phenoxy) is 1. The topological polar surface area (TPSA) is 29.5 Å². The molecule has 0 heterocycles. The standard InChI is InChI=1S/C9H11ClO2/c1-2-12-6-7-3-4-8(10)9(11)5-7/h3-5,11H,2,6H2,1H3. The first-order valence-corrected chi connectivity index (χ1v) is 4.17. The molecule has 0 saturated carbocycles. The Morgan fingerprint density at radius 3 is 2.83 bits per heavy atom. The van der Waals surface area contributed by atoms with Crippen LogP contribution in [0.25, 0.3) is 0 Å². The van der Waals surface area contributed by atoms with E-state index in [9.17, 15) is 5.11 Å². The van der Waals surface area contributed by atoms with Crippen LogP contribution >= 0.6 is 11.6 Å². The van der Waals surface area contributed by atoms with Gasteiger partial charge in [0.25, 0.3) is 0 Å². The molecule has 0 unspecified atom stereocenters. The molecule has 0 saturated heterocycles. The van der Waals surface area contributed by atoms with Gasteiger partial charge in [-0.15, -0.1) is 0 Å². The number of halogens is 1. The molecule has 0 amide bonds. The Balaban J connectivity index is 2.69. The quantitative estimate of drug-likeness (QED) is 0.787. The van der Waals surface area contributed by atoms with Crippen LogP contribution < -0.4 is 0 Å². The molecule has 1 rings (SSSR count). The molecule has 2 nitrogen and oxygen atoms in total. The van der Waals surface area contributed by atoms with Crippen LogP contribution in [0, 0.1) is 0 Å². The molecule has 0 aliphatic rings. The number of phenols is 1. The Kier molecular flexibility index (Phi) is 3.38. The zero-order valence-corrected chi connectivity index (χ0v) is 7.64. The molecule has 0 spiro atoms. The van der Waals surface area contributed by atoms with Crippen molar-refractivity contribution in [3.8, 4) is 5.75 Å². The van der Waals surface area contributed by atoms with Crippen molar-refractivity contribution < 1.29 is 9.84 Å². The SMILES string of the molecule is CCOCc1ccc(Cl)c(O)c1. The van der Waals surface area contributed by atoms with Crippen molar-refractivity contribution in [2.24, 2.45) is 0 Å². The normalized spacial score (nSPS) is 10.2. The fourth-order valence-corrected chi connectivity index (χ4v) is 0.985. The maximum Gasteiger partial charge on any atom is 0.134 e. The summed E-state index contributed by atoms with van der Waals surface area (Å²) in [5.74, 6) is 0.105. The van der Waals surface area contributed by atoms with E-state index in [0.29, 0.717) is 18.2 Å². The van der Waals surface area contributed by atoms with Crippen molar-refractivity contribution >= 4 is 11.6 Å². The van der Waals surface area contributed by atoms with Gasteiger partial charge < -0.3 is 9.84 Å². The average molecular weight is 187 g/mol. The van der Waals surface area contributed by atoms with Gasteiger partial charge in [-0.05, 0) is 24.6 Å². The summed E-state index contributed by atoms with van der Waals surface area (Å²) < 4.78 is 5.16. The number of phenolic OH excluding ortho intramolecular Hbond substituents is 1. The van der Waals surface area contributed by atoms with E-state index in [1.807, 2.05) is 13.0 Å². The molecular formula is C9H11ClO2. The second-order valence-corrected chi connectivity index (χ2v) is 2.83. The van der Waals surface area contributed by atoms with E-state index in [4.69, 9.17) is 16.3 Å². The molecule has 0 radical (unpaired) electrons. The summed E-state index contributed by atoms with van der Waals surface area (Å²) in [5, 5.41) is 9.58. The summed E-state index contributed by atoms with van der Waals surface area (Å²) in [6, 6.07) is 5.10. The molecule has 0 fully saturated rings. The van der Waals surface area contributed by atoms with Crippen LogP contribution in [0.1, 0.15) is 12.5 Å². The fourth-order valence-electron chi connectivity index (χ4n) is 0.868. The van der Waals surface area contributed by atoms with Gasteiger partial charge in [-0.3, -0.25) is 0 Å². The van der Waals surface area contributed by atoms with Gasteiger partial charge >= 0.3 is 0 Å². The molecule has 1 aromatic rings. The van der Waals surface area contributed by atoms with E-state index in [1.54, 1.807) is 12.1 Å². The number of rotatable bonds is 3. The van der Waals surface area contributed by atoms with Gasteiger partial charge in [0.1, 0.15) is 5.75 Å². The minimum Gasteiger partial charge on any atom is -0.506 e. The van der Waals surface area contributed by atoms with Crippen molar-refractivity contribution in [1.29, 1.82) is 0 Å². The Morgan fingerprint density at radius 1 is 1.50 bits per heavy atom. The number of hydrogen-bond donors (Lipinski definition) is 1. The van der Waals surface area contributed by atoms with Gasteiger partial charge in [0.15, 0.2) is 0 Å². The van der Waals surface area contributed by atoms with Crippen molar-refractivity contribution in [3.05, 3.63) is 28.8 Å².